The first-order chi connectivity index (χ1) is 9.33. The van der Waals surface area contributed by atoms with Gasteiger partial charge in [0.25, 0.3) is 0 Å². The summed E-state index contributed by atoms with van der Waals surface area (Å²) in [7, 11) is 0. The molecule has 0 unspecified atom stereocenters. The zero-order valence-corrected chi connectivity index (χ0v) is 13.9. The molecule has 1 aromatic heterocycles. The number of aromatic amines is 1. The predicted molar refractivity (Wildman–Crippen MR) is 87.4 cm³/mol. The minimum atomic E-state index is 0. The van der Waals surface area contributed by atoms with E-state index in [0.717, 1.165) is 39.3 Å². The van der Waals surface area contributed by atoms with Gasteiger partial charge in [-0.05, 0) is 32.0 Å². The topological polar surface area (TPSA) is 64.3 Å². The Labute approximate surface area is 136 Å². The van der Waals surface area contributed by atoms with Crippen LogP contribution < -0.4 is 5.32 Å². The van der Waals surface area contributed by atoms with Crippen molar-refractivity contribution < 1.29 is 4.79 Å². The maximum atomic E-state index is 11.4. The molecule has 7 heteroatoms. The molecule has 0 aromatic carbocycles. The van der Waals surface area contributed by atoms with Crippen LogP contribution in [-0.4, -0.2) is 65.3 Å². The van der Waals surface area contributed by atoms with Crippen molar-refractivity contribution in [3.8, 4) is 0 Å². The summed E-state index contributed by atoms with van der Waals surface area (Å²) in [5, 5.41) is 9.94. The van der Waals surface area contributed by atoms with Crippen molar-refractivity contribution in [3.05, 3.63) is 18.0 Å². The molecule has 2 saturated heterocycles. The first-order valence-corrected chi connectivity index (χ1v) is 7.07. The van der Waals surface area contributed by atoms with Gasteiger partial charge in [0.05, 0.1) is 0 Å². The van der Waals surface area contributed by atoms with E-state index in [4.69, 9.17) is 0 Å². The lowest BCUT2D eigenvalue weighted by Crippen LogP contribution is -2.40. The van der Waals surface area contributed by atoms with Crippen LogP contribution in [0.1, 0.15) is 24.5 Å². The minimum absolute atomic E-state index is 0. The Balaban J connectivity index is 0.00000147. The molecule has 2 aliphatic heterocycles. The van der Waals surface area contributed by atoms with Gasteiger partial charge in [0.15, 0.2) is 0 Å². The molecule has 0 radical (unpaired) electrons. The molecule has 2 amide bonds. The summed E-state index contributed by atoms with van der Waals surface area (Å²) >= 11 is 0. The van der Waals surface area contributed by atoms with Crippen LogP contribution in [0.15, 0.2) is 12.3 Å². The maximum Gasteiger partial charge on any atom is 0.317 e. The quantitative estimate of drug-likeness (QED) is 0.760. The summed E-state index contributed by atoms with van der Waals surface area (Å²) in [5.74, 6) is 0.619. The first-order valence-electron chi connectivity index (χ1n) is 7.07. The number of aromatic nitrogens is 2. The summed E-state index contributed by atoms with van der Waals surface area (Å²) in [4.78, 5) is 15.8. The van der Waals surface area contributed by atoms with E-state index in [9.17, 15) is 4.79 Å². The number of likely N-dealkylation sites (tertiary alicyclic amines) is 1. The van der Waals surface area contributed by atoms with Crippen molar-refractivity contribution in [2.75, 3.05) is 39.3 Å². The van der Waals surface area contributed by atoms with Gasteiger partial charge in [-0.15, -0.1) is 24.0 Å². The predicted octanol–water partition coefficient (Wildman–Crippen LogP) is 1.23. The molecule has 2 N–H and O–H groups in total. The van der Waals surface area contributed by atoms with E-state index in [1.807, 2.05) is 11.1 Å². The van der Waals surface area contributed by atoms with Gasteiger partial charge < -0.3 is 15.1 Å². The van der Waals surface area contributed by atoms with Crippen LogP contribution in [0.4, 0.5) is 4.79 Å². The Kier molecular flexibility index (Phi) is 5.64. The van der Waals surface area contributed by atoms with Crippen molar-refractivity contribution in [1.82, 2.24) is 25.3 Å². The smallest absolute Gasteiger partial charge is 0.317 e. The van der Waals surface area contributed by atoms with Crippen LogP contribution in [-0.2, 0) is 0 Å². The lowest BCUT2D eigenvalue weighted by molar-refractivity contribution is 0.180. The lowest BCUT2D eigenvalue weighted by atomic mass is 9.94. The van der Waals surface area contributed by atoms with Crippen LogP contribution in [0, 0.1) is 0 Å². The van der Waals surface area contributed by atoms with E-state index < -0.39 is 0 Å². The van der Waals surface area contributed by atoms with Gasteiger partial charge in [-0.2, -0.15) is 5.10 Å². The number of halogens is 1. The first kappa shape index (κ1) is 15.6. The molecule has 1 aromatic rings. The highest BCUT2D eigenvalue weighted by atomic mass is 127. The third-order valence-electron chi connectivity index (χ3n) is 4.18. The Morgan fingerprint density at radius 1 is 1.25 bits per heavy atom. The fourth-order valence-electron chi connectivity index (χ4n) is 2.95. The van der Waals surface area contributed by atoms with Gasteiger partial charge in [0.1, 0.15) is 0 Å². The maximum absolute atomic E-state index is 11.4. The van der Waals surface area contributed by atoms with Crippen LogP contribution in [0.5, 0.6) is 0 Å². The van der Waals surface area contributed by atoms with E-state index in [1.54, 1.807) is 0 Å². The van der Waals surface area contributed by atoms with Crippen LogP contribution >= 0.6 is 24.0 Å². The summed E-state index contributed by atoms with van der Waals surface area (Å²) in [6.45, 7) is 5.70. The highest BCUT2D eigenvalue weighted by Crippen LogP contribution is 2.25. The van der Waals surface area contributed by atoms with Crippen molar-refractivity contribution in [1.29, 1.82) is 0 Å². The number of hydrogen-bond donors (Lipinski definition) is 2. The largest absolute Gasteiger partial charge is 0.336 e. The number of carbonyl (C=O) groups is 1. The molecule has 3 heterocycles. The molecule has 0 aliphatic carbocycles. The lowest BCUT2D eigenvalue weighted by Gasteiger charge is -2.32. The standard InChI is InChI=1S/C13H21N5O.HI/c19-13-14-5-8-18(13)10-9-17-6-2-11(3-7-17)12-1-4-15-16-12;/h1,4,11H,2-3,5-10H2,(H,14,19)(H,15,16);1H. The number of piperidine rings is 1. The normalized spacial score (nSPS) is 20.8. The van der Waals surface area contributed by atoms with Gasteiger partial charge in [-0.25, -0.2) is 4.79 Å². The fraction of sp³-hybridized carbons (Fsp3) is 0.692. The fourth-order valence-corrected chi connectivity index (χ4v) is 2.95. The number of nitrogens with zero attached hydrogens (tertiary/aromatic N) is 3. The Morgan fingerprint density at radius 3 is 2.65 bits per heavy atom. The van der Waals surface area contributed by atoms with E-state index in [2.05, 4.69) is 26.5 Å². The van der Waals surface area contributed by atoms with Crippen LogP contribution in [0.2, 0.25) is 0 Å². The third-order valence-corrected chi connectivity index (χ3v) is 4.18. The zero-order chi connectivity index (χ0) is 13.1. The minimum Gasteiger partial charge on any atom is -0.336 e. The van der Waals surface area contributed by atoms with Crippen LogP contribution in [0.25, 0.3) is 0 Å². The van der Waals surface area contributed by atoms with E-state index in [0.29, 0.717) is 5.92 Å². The molecule has 0 saturated carbocycles. The van der Waals surface area contributed by atoms with E-state index >= 15 is 0 Å². The van der Waals surface area contributed by atoms with E-state index in [-0.39, 0.29) is 30.0 Å². The molecule has 0 atom stereocenters. The van der Waals surface area contributed by atoms with Gasteiger partial charge in [-0.3, -0.25) is 5.10 Å². The summed E-state index contributed by atoms with van der Waals surface area (Å²) in [6.07, 6.45) is 4.18. The Bertz CT molecular complexity index is 416. The number of urea groups is 1. The molecule has 20 heavy (non-hydrogen) atoms. The highest BCUT2D eigenvalue weighted by Gasteiger charge is 2.23. The second-order valence-corrected chi connectivity index (χ2v) is 5.35. The number of carbonyl (C=O) groups excluding carboxylic acids is 1. The molecule has 6 nitrogen and oxygen atoms in total. The van der Waals surface area contributed by atoms with Gasteiger partial charge >= 0.3 is 6.03 Å². The van der Waals surface area contributed by atoms with Crippen molar-refractivity contribution in [2.24, 2.45) is 0 Å². The monoisotopic (exact) mass is 391 g/mol. The molecule has 112 valence electrons. The average molecular weight is 391 g/mol. The van der Waals surface area contributed by atoms with Gasteiger partial charge in [-0.1, -0.05) is 0 Å². The second-order valence-electron chi connectivity index (χ2n) is 5.35. The number of rotatable bonds is 4. The molecule has 3 rings (SSSR count). The summed E-state index contributed by atoms with van der Waals surface area (Å²) in [5.41, 5.74) is 1.26. The van der Waals surface area contributed by atoms with Crippen molar-refractivity contribution in [3.63, 3.8) is 0 Å². The molecule has 2 aliphatic rings. The number of amides is 2. The molecular weight excluding hydrogens is 369 g/mol. The summed E-state index contributed by atoms with van der Waals surface area (Å²) < 4.78 is 0. The highest BCUT2D eigenvalue weighted by molar-refractivity contribution is 14.0. The Morgan fingerprint density at radius 2 is 2.05 bits per heavy atom. The number of nitrogens with one attached hydrogen (secondary N) is 2. The zero-order valence-electron chi connectivity index (χ0n) is 11.5. The summed E-state index contributed by atoms with van der Waals surface area (Å²) in [6, 6.07) is 2.17. The molecule has 0 spiro atoms. The second kappa shape index (κ2) is 7.26. The van der Waals surface area contributed by atoms with Gasteiger partial charge in [0.2, 0.25) is 0 Å². The van der Waals surface area contributed by atoms with Crippen molar-refractivity contribution >= 4 is 30.0 Å². The Hall–Kier alpha value is -0.830. The third kappa shape index (κ3) is 3.63. The van der Waals surface area contributed by atoms with Crippen molar-refractivity contribution in [2.45, 2.75) is 18.8 Å². The molecule has 2 fully saturated rings. The van der Waals surface area contributed by atoms with Crippen LogP contribution in [0.3, 0.4) is 0 Å². The average Bonchev–Trinajstić information content (AvgIpc) is 3.09. The van der Waals surface area contributed by atoms with E-state index in [1.165, 1.54) is 18.5 Å². The molecular formula is C13H22IN5O. The molecule has 0 bridgehead atoms. The SMILES string of the molecule is I.O=C1NCCN1CCN1CCC(c2ccn[nH]2)CC1. The number of hydrogen-bond acceptors (Lipinski definition) is 3. The van der Waals surface area contributed by atoms with Gasteiger partial charge in [0, 0.05) is 44.0 Å². The number of H-pyrrole nitrogens is 1.